The van der Waals surface area contributed by atoms with Crippen molar-refractivity contribution in [1.29, 1.82) is 0 Å². The molecule has 0 aliphatic heterocycles. The second-order valence-electron chi connectivity index (χ2n) is 7.05. The summed E-state index contributed by atoms with van der Waals surface area (Å²) in [5.41, 5.74) is 5.43. The summed E-state index contributed by atoms with van der Waals surface area (Å²) >= 11 is 3.39. The number of nitrogens with zero attached hydrogens (tertiary/aromatic N) is 1. The predicted molar refractivity (Wildman–Crippen MR) is 115 cm³/mol. The van der Waals surface area contributed by atoms with Crippen molar-refractivity contribution in [3.05, 3.63) is 64.1 Å². The van der Waals surface area contributed by atoms with Gasteiger partial charge >= 0.3 is 0 Å². The topological polar surface area (TPSA) is 70.6 Å². The first-order valence-corrected chi connectivity index (χ1v) is 10.3. The Hall–Kier alpha value is -2.47. The molecule has 2 amide bonds. The first kappa shape index (κ1) is 20.3. The monoisotopic (exact) mass is 441 g/mol. The molecule has 1 saturated carbocycles. The van der Waals surface area contributed by atoms with Crippen molar-refractivity contribution in [2.24, 2.45) is 11.0 Å². The van der Waals surface area contributed by atoms with E-state index in [9.17, 15) is 9.59 Å². The fraction of sp³-hybridized carbons (Fsp3) is 0.318. The van der Waals surface area contributed by atoms with Crippen LogP contribution in [0, 0.1) is 5.92 Å². The number of hydrazone groups is 1. The lowest BCUT2D eigenvalue weighted by atomic mass is 9.88. The van der Waals surface area contributed by atoms with Gasteiger partial charge in [0.15, 0.2) is 0 Å². The summed E-state index contributed by atoms with van der Waals surface area (Å²) in [5.74, 6) is -0.110. The van der Waals surface area contributed by atoms with Gasteiger partial charge in [-0.25, -0.2) is 5.43 Å². The van der Waals surface area contributed by atoms with E-state index in [-0.39, 0.29) is 17.7 Å². The Kier molecular flexibility index (Phi) is 6.98. The van der Waals surface area contributed by atoms with Crippen molar-refractivity contribution in [3.8, 4) is 0 Å². The van der Waals surface area contributed by atoms with Crippen molar-refractivity contribution in [2.45, 2.75) is 39.0 Å². The molecule has 1 aliphatic rings. The lowest BCUT2D eigenvalue weighted by molar-refractivity contribution is -0.120. The second-order valence-corrected chi connectivity index (χ2v) is 7.96. The smallest absolute Gasteiger partial charge is 0.271 e. The lowest BCUT2D eigenvalue weighted by Crippen LogP contribution is -2.24. The van der Waals surface area contributed by atoms with Crippen LogP contribution in [0.25, 0.3) is 0 Å². The number of amides is 2. The Morgan fingerprint density at radius 1 is 0.929 bits per heavy atom. The molecule has 0 radical (unpaired) electrons. The van der Waals surface area contributed by atoms with Crippen molar-refractivity contribution < 1.29 is 9.59 Å². The molecule has 0 bridgehead atoms. The van der Waals surface area contributed by atoms with Gasteiger partial charge in [-0.3, -0.25) is 9.59 Å². The van der Waals surface area contributed by atoms with Crippen LogP contribution < -0.4 is 10.7 Å². The average molecular weight is 442 g/mol. The number of hydrogen-bond acceptors (Lipinski definition) is 3. The Labute approximate surface area is 173 Å². The summed E-state index contributed by atoms with van der Waals surface area (Å²) in [6.45, 7) is 1.84. The standard InChI is InChI=1S/C22H24BrN3O2/c1-15(16-7-11-19(23)12-8-16)25-26-22(28)18-9-13-20(14-10-18)24-21(27)17-5-3-2-4-6-17/h7-14,17H,2-6H2,1H3,(H,24,27)(H,26,28)/b25-15+. The van der Waals surface area contributed by atoms with Gasteiger partial charge < -0.3 is 5.32 Å². The molecule has 6 heteroatoms. The van der Waals surface area contributed by atoms with Gasteiger partial charge in [0.05, 0.1) is 5.71 Å². The molecule has 146 valence electrons. The van der Waals surface area contributed by atoms with Gasteiger partial charge in [0, 0.05) is 21.6 Å². The number of carbonyl (C=O) groups excluding carboxylic acids is 2. The van der Waals surface area contributed by atoms with E-state index < -0.39 is 0 Å². The molecule has 0 aromatic heterocycles. The zero-order chi connectivity index (χ0) is 19.9. The molecule has 28 heavy (non-hydrogen) atoms. The molecular formula is C22H24BrN3O2. The third-order valence-corrected chi connectivity index (χ3v) is 5.51. The maximum Gasteiger partial charge on any atom is 0.271 e. The van der Waals surface area contributed by atoms with Crippen LogP contribution in [-0.2, 0) is 4.79 Å². The number of halogens is 1. The number of benzene rings is 2. The summed E-state index contributed by atoms with van der Waals surface area (Å²) in [6.07, 6.45) is 5.39. The predicted octanol–water partition coefficient (Wildman–Crippen LogP) is 5.12. The van der Waals surface area contributed by atoms with Gasteiger partial charge in [-0.2, -0.15) is 5.10 Å². The van der Waals surface area contributed by atoms with E-state index in [2.05, 4.69) is 31.8 Å². The molecule has 0 heterocycles. The summed E-state index contributed by atoms with van der Waals surface area (Å²) in [7, 11) is 0. The first-order valence-electron chi connectivity index (χ1n) is 9.54. The average Bonchev–Trinajstić information content (AvgIpc) is 2.73. The number of carbonyl (C=O) groups is 2. The summed E-state index contributed by atoms with van der Waals surface area (Å²) in [5, 5.41) is 7.12. The van der Waals surface area contributed by atoms with Crippen LogP contribution in [0.2, 0.25) is 0 Å². The van der Waals surface area contributed by atoms with Crippen molar-refractivity contribution in [2.75, 3.05) is 5.32 Å². The molecule has 1 fully saturated rings. The highest BCUT2D eigenvalue weighted by molar-refractivity contribution is 9.10. The van der Waals surface area contributed by atoms with E-state index >= 15 is 0 Å². The van der Waals surface area contributed by atoms with E-state index in [0.29, 0.717) is 11.3 Å². The summed E-state index contributed by atoms with van der Waals surface area (Å²) in [6, 6.07) is 14.6. The number of rotatable bonds is 5. The fourth-order valence-corrected chi connectivity index (χ4v) is 3.53. The highest BCUT2D eigenvalue weighted by atomic mass is 79.9. The zero-order valence-corrected chi connectivity index (χ0v) is 17.5. The van der Waals surface area contributed by atoms with Crippen LogP contribution in [0.3, 0.4) is 0 Å². The highest BCUT2D eigenvalue weighted by Crippen LogP contribution is 2.25. The first-order chi connectivity index (χ1) is 13.5. The largest absolute Gasteiger partial charge is 0.326 e. The molecular weight excluding hydrogens is 418 g/mol. The fourth-order valence-electron chi connectivity index (χ4n) is 3.27. The number of nitrogens with one attached hydrogen (secondary N) is 2. The minimum absolute atomic E-state index is 0.0756. The quantitative estimate of drug-likeness (QED) is 0.498. The molecule has 5 nitrogen and oxygen atoms in total. The van der Waals surface area contributed by atoms with Gasteiger partial charge in [-0.15, -0.1) is 0 Å². The molecule has 0 spiro atoms. The molecule has 1 aliphatic carbocycles. The number of anilines is 1. The number of hydrogen-bond donors (Lipinski definition) is 2. The Balaban J connectivity index is 1.56. The molecule has 0 unspecified atom stereocenters. The van der Waals surface area contributed by atoms with Gasteiger partial charge in [-0.05, 0) is 61.7 Å². The minimum atomic E-state index is -0.290. The van der Waals surface area contributed by atoms with E-state index in [1.807, 2.05) is 31.2 Å². The van der Waals surface area contributed by atoms with Crippen molar-refractivity contribution >= 4 is 39.1 Å². The maximum absolute atomic E-state index is 12.3. The zero-order valence-electron chi connectivity index (χ0n) is 15.9. The SMILES string of the molecule is C/C(=N\NC(=O)c1ccc(NC(=O)C2CCCCC2)cc1)c1ccc(Br)cc1. The van der Waals surface area contributed by atoms with Crippen molar-refractivity contribution in [1.82, 2.24) is 5.43 Å². The van der Waals surface area contributed by atoms with Crippen molar-refractivity contribution in [3.63, 3.8) is 0 Å². The van der Waals surface area contributed by atoms with Gasteiger partial charge in [-0.1, -0.05) is 47.3 Å². The summed E-state index contributed by atoms with van der Waals surface area (Å²) in [4.78, 5) is 24.6. The maximum atomic E-state index is 12.3. The van der Waals surface area contributed by atoms with Gasteiger partial charge in [0.2, 0.25) is 5.91 Å². The van der Waals surface area contributed by atoms with Gasteiger partial charge in [0.25, 0.3) is 5.91 Å². The van der Waals surface area contributed by atoms with Crippen LogP contribution in [0.1, 0.15) is 54.9 Å². The van der Waals surface area contributed by atoms with E-state index in [4.69, 9.17) is 0 Å². The minimum Gasteiger partial charge on any atom is -0.326 e. The van der Waals surface area contributed by atoms with E-state index in [1.165, 1.54) is 6.42 Å². The third kappa shape index (κ3) is 5.52. The molecule has 2 aromatic carbocycles. The van der Waals surface area contributed by atoms with Crippen LogP contribution in [0.4, 0.5) is 5.69 Å². The third-order valence-electron chi connectivity index (χ3n) is 4.98. The van der Waals surface area contributed by atoms with E-state index in [0.717, 1.165) is 41.4 Å². The Bertz CT molecular complexity index is 854. The van der Waals surface area contributed by atoms with Crippen LogP contribution in [-0.4, -0.2) is 17.5 Å². The normalized spacial score (nSPS) is 15.1. The van der Waals surface area contributed by atoms with Gasteiger partial charge in [0.1, 0.15) is 0 Å². The molecule has 3 rings (SSSR count). The highest BCUT2D eigenvalue weighted by Gasteiger charge is 2.21. The second kappa shape index (κ2) is 9.64. The molecule has 2 aromatic rings. The van der Waals surface area contributed by atoms with E-state index in [1.54, 1.807) is 24.3 Å². The molecule has 2 N–H and O–H groups in total. The lowest BCUT2D eigenvalue weighted by Gasteiger charge is -2.20. The summed E-state index contributed by atoms with van der Waals surface area (Å²) < 4.78 is 0.990. The Morgan fingerprint density at radius 2 is 1.54 bits per heavy atom. The molecule has 0 atom stereocenters. The van der Waals surface area contributed by atoms with Crippen LogP contribution in [0.5, 0.6) is 0 Å². The van der Waals surface area contributed by atoms with Crippen LogP contribution >= 0.6 is 15.9 Å². The Morgan fingerprint density at radius 3 is 2.18 bits per heavy atom. The van der Waals surface area contributed by atoms with Crippen LogP contribution in [0.15, 0.2) is 58.1 Å². The molecule has 0 saturated heterocycles.